The molecule has 0 rings (SSSR count). The maximum Gasteiger partial charge on any atom is 0.320 e. The van der Waals surface area contributed by atoms with Gasteiger partial charge in [-0.2, -0.15) is 0 Å². The first-order valence-corrected chi connectivity index (χ1v) is 4.44. The monoisotopic (exact) mass is 203 g/mol. The van der Waals surface area contributed by atoms with Crippen LogP contribution in [0.2, 0.25) is 0 Å². The SMILES string of the molecule is CC(C)(C)NC(CCC(=O)O)C(=O)O. The van der Waals surface area contributed by atoms with Crippen LogP contribution in [-0.2, 0) is 9.59 Å². The predicted molar refractivity (Wildman–Crippen MR) is 51.2 cm³/mol. The quantitative estimate of drug-likeness (QED) is 0.612. The summed E-state index contributed by atoms with van der Waals surface area (Å²) in [5.41, 5.74) is -0.332. The molecule has 1 atom stereocenters. The maximum absolute atomic E-state index is 10.7. The molecule has 82 valence electrons. The van der Waals surface area contributed by atoms with E-state index >= 15 is 0 Å². The average Bonchev–Trinajstić information content (AvgIpc) is 1.94. The average molecular weight is 203 g/mol. The van der Waals surface area contributed by atoms with Gasteiger partial charge in [0.05, 0.1) is 0 Å². The van der Waals surface area contributed by atoms with Crippen LogP contribution >= 0.6 is 0 Å². The van der Waals surface area contributed by atoms with Crippen LogP contribution in [-0.4, -0.2) is 33.7 Å². The van der Waals surface area contributed by atoms with Crippen molar-refractivity contribution in [1.29, 1.82) is 0 Å². The lowest BCUT2D eigenvalue weighted by atomic mass is 10.0. The first-order valence-electron chi connectivity index (χ1n) is 4.44. The number of aliphatic carboxylic acids is 2. The van der Waals surface area contributed by atoms with Crippen LogP contribution in [0, 0.1) is 0 Å². The molecule has 0 heterocycles. The summed E-state index contributed by atoms with van der Waals surface area (Å²) in [6.07, 6.45) is -0.0397. The summed E-state index contributed by atoms with van der Waals surface area (Å²) >= 11 is 0. The van der Waals surface area contributed by atoms with Crippen LogP contribution in [0.1, 0.15) is 33.6 Å². The first-order chi connectivity index (χ1) is 6.22. The summed E-state index contributed by atoms with van der Waals surface area (Å²) in [6, 6.07) is -0.800. The van der Waals surface area contributed by atoms with Crippen LogP contribution in [0.25, 0.3) is 0 Å². The van der Waals surface area contributed by atoms with E-state index in [0.717, 1.165) is 0 Å². The third kappa shape index (κ3) is 6.42. The molecule has 5 nitrogen and oxygen atoms in total. The molecule has 0 aromatic heterocycles. The Morgan fingerprint density at radius 2 is 1.79 bits per heavy atom. The molecule has 0 aromatic rings. The summed E-state index contributed by atoms with van der Waals surface area (Å²) in [6.45, 7) is 5.51. The number of carbonyl (C=O) groups is 2. The zero-order valence-corrected chi connectivity index (χ0v) is 8.70. The maximum atomic E-state index is 10.7. The van der Waals surface area contributed by atoms with Gasteiger partial charge in [-0.3, -0.25) is 14.9 Å². The summed E-state index contributed by atoms with van der Waals surface area (Å²) < 4.78 is 0. The van der Waals surface area contributed by atoms with E-state index in [1.54, 1.807) is 0 Å². The van der Waals surface area contributed by atoms with Gasteiger partial charge in [0.2, 0.25) is 0 Å². The van der Waals surface area contributed by atoms with Crippen molar-refractivity contribution in [2.24, 2.45) is 0 Å². The summed E-state index contributed by atoms with van der Waals surface area (Å²) in [4.78, 5) is 21.0. The van der Waals surface area contributed by atoms with Gasteiger partial charge in [0.15, 0.2) is 0 Å². The molecule has 5 heteroatoms. The highest BCUT2D eigenvalue weighted by molar-refractivity contribution is 5.75. The van der Waals surface area contributed by atoms with E-state index in [9.17, 15) is 9.59 Å². The molecule has 0 aliphatic heterocycles. The lowest BCUT2D eigenvalue weighted by molar-refractivity contribution is -0.141. The van der Waals surface area contributed by atoms with Crippen molar-refractivity contribution in [3.63, 3.8) is 0 Å². The Morgan fingerprint density at radius 3 is 2.07 bits per heavy atom. The van der Waals surface area contributed by atoms with Gasteiger partial charge in [-0.15, -0.1) is 0 Å². The Morgan fingerprint density at radius 1 is 1.29 bits per heavy atom. The van der Waals surface area contributed by atoms with Crippen LogP contribution in [0.3, 0.4) is 0 Å². The van der Waals surface area contributed by atoms with E-state index in [4.69, 9.17) is 10.2 Å². The van der Waals surface area contributed by atoms with Gasteiger partial charge in [0.25, 0.3) is 0 Å². The van der Waals surface area contributed by atoms with Gasteiger partial charge >= 0.3 is 11.9 Å². The minimum Gasteiger partial charge on any atom is -0.481 e. The van der Waals surface area contributed by atoms with Crippen LogP contribution < -0.4 is 5.32 Å². The van der Waals surface area contributed by atoms with Crippen molar-refractivity contribution in [2.45, 2.75) is 45.2 Å². The van der Waals surface area contributed by atoms with E-state index in [0.29, 0.717) is 0 Å². The number of hydrogen-bond acceptors (Lipinski definition) is 3. The zero-order chi connectivity index (χ0) is 11.4. The highest BCUT2D eigenvalue weighted by Crippen LogP contribution is 2.06. The fourth-order valence-electron chi connectivity index (χ4n) is 1.05. The van der Waals surface area contributed by atoms with E-state index in [1.165, 1.54) is 0 Å². The molecule has 0 aliphatic rings. The van der Waals surface area contributed by atoms with Crippen LogP contribution in [0.4, 0.5) is 0 Å². The third-order valence-electron chi connectivity index (χ3n) is 1.55. The molecule has 3 N–H and O–H groups in total. The molecular formula is C9H17NO4. The standard InChI is InChI=1S/C9H17NO4/c1-9(2,3)10-6(8(13)14)4-5-7(11)12/h6,10H,4-5H2,1-3H3,(H,11,12)(H,13,14). The minimum atomic E-state index is -1.01. The highest BCUT2D eigenvalue weighted by Gasteiger charge is 2.23. The molecule has 0 aromatic carbocycles. The molecule has 0 radical (unpaired) electrons. The van der Waals surface area contributed by atoms with Gasteiger partial charge in [0, 0.05) is 12.0 Å². The third-order valence-corrected chi connectivity index (χ3v) is 1.55. The molecule has 0 saturated carbocycles. The molecule has 0 fully saturated rings. The Labute approximate surface area is 83.1 Å². The summed E-state index contributed by atoms with van der Waals surface area (Å²) in [5, 5.41) is 20.1. The second kappa shape index (κ2) is 4.95. The lowest BCUT2D eigenvalue weighted by Gasteiger charge is -2.25. The van der Waals surface area contributed by atoms with Crippen LogP contribution in [0.5, 0.6) is 0 Å². The van der Waals surface area contributed by atoms with Gasteiger partial charge < -0.3 is 10.2 Å². The van der Waals surface area contributed by atoms with E-state index in [2.05, 4.69) is 5.32 Å². The lowest BCUT2D eigenvalue weighted by Crippen LogP contribution is -2.47. The minimum absolute atomic E-state index is 0.0991. The van der Waals surface area contributed by atoms with Crippen molar-refractivity contribution >= 4 is 11.9 Å². The highest BCUT2D eigenvalue weighted by atomic mass is 16.4. The number of nitrogens with one attached hydrogen (secondary N) is 1. The van der Waals surface area contributed by atoms with Crippen molar-refractivity contribution in [3.05, 3.63) is 0 Å². The molecule has 0 spiro atoms. The largest absolute Gasteiger partial charge is 0.481 e. The smallest absolute Gasteiger partial charge is 0.320 e. The normalized spacial score (nSPS) is 13.6. The summed E-state index contributed by atoms with van der Waals surface area (Å²) in [5.74, 6) is -1.99. The number of rotatable bonds is 5. The number of carboxylic acid groups (broad SMARTS) is 2. The van der Waals surface area contributed by atoms with Crippen molar-refractivity contribution in [1.82, 2.24) is 5.32 Å². The molecule has 14 heavy (non-hydrogen) atoms. The van der Waals surface area contributed by atoms with Crippen molar-refractivity contribution < 1.29 is 19.8 Å². The van der Waals surface area contributed by atoms with Gasteiger partial charge in [-0.25, -0.2) is 0 Å². The van der Waals surface area contributed by atoms with Gasteiger partial charge in [-0.05, 0) is 27.2 Å². The van der Waals surface area contributed by atoms with E-state index < -0.39 is 18.0 Å². The number of hydrogen-bond donors (Lipinski definition) is 3. The second-order valence-electron chi connectivity index (χ2n) is 4.22. The Bertz CT molecular complexity index is 219. The van der Waals surface area contributed by atoms with Crippen LogP contribution in [0.15, 0.2) is 0 Å². The zero-order valence-electron chi connectivity index (χ0n) is 8.70. The fourth-order valence-corrected chi connectivity index (χ4v) is 1.05. The predicted octanol–water partition coefficient (Wildman–Crippen LogP) is 0.692. The molecule has 0 aliphatic carbocycles. The Balaban J connectivity index is 4.17. The first kappa shape index (κ1) is 12.9. The summed E-state index contributed by atoms with van der Waals surface area (Å²) in [7, 11) is 0. The second-order valence-corrected chi connectivity index (χ2v) is 4.22. The number of carboxylic acids is 2. The molecule has 0 saturated heterocycles. The topological polar surface area (TPSA) is 86.6 Å². The molecular weight excluding hydrogens is 186 g/mol. The van der Waals surface area contributed by atoms with Crippen molar-refractivity contribution in [2.75, 3.05) is 0 Å². The molecule has 1 unspecified atom stereocenters. The van der Waals surface area contributed by atoms with Crippen molar-refractivity contribution in [3.8, 4) is 0 Å². The van der Waals surface area contributed by atoms with Gasteiger partial charge in [-0.1, -0.05) is 0 Å². The van der Waals surface area contributed by atoms with Gasteiger partial charge in [0.1, 0.15) is 6.04 Å². The van der Waals surface area contributed by atoms with E-state index in [1.807, 2.05) is 20.8 Å². The Kier molecular flexibility index (Phi) is 4.56. The Hall–Kier alpha value is -1.10. The fraction of sp³-hybridized carbons (Fsp3) is 0.778. The molecule has 0 amide bonds. The van der Waals surface area contributed by atoms with E-state index in [-0.39, 0.29) is 18.4 Å². The molecule has 0 bridgehead atoms.